The molecular formula is C14H18F2N2O3. The van der Waals surface area contributed by atoms with E-state index in [4.69, 9.17) is 9.47 Å². The van der Waals surface area contributed by atoms with Crippen molar-refractivity contribution in [2.24, 2.45) is 5.92 Å². The third kappa shape index (κ3) is 5.18. The highest BCUT2D eigenvalue weighted by molar-refractivity contribution is 5.73. The molecule has 1 atom stereocenters. The van der Waals surface area contributed by atoms with Gasteiger partial charge >= 0.3 is 6.03 Å². The molecule has 0 saturated carbocycles. The maximum Gasteiger partial charge on any atom is 0.314 e. The second kappa shape index (κ2) is 7.78. The summed E-state index contributed by atoms with van der Waals surface area (Å²) in [7, 11) is 0. The number of hydrogen-bond donors (Lipinski definition) is 2. The molecule has 0 unspecified atom stereocenters. The molecule has 1 saturated heterocycles. The van der Waals surface area contributed by atoms with E-state index in [0.717, 1.165) is 25.2 Å². The van der Waals surface area contributed by atoms with E-state index in [0.29, 0.717) is 19.1 Å². The van der Waals surface area contributed by atoms with Gasteiger partial charge in [0.2, 0.25) is 0 Å². The average molecular weight is 300 g/mol. The Morgan fingerprint density at radius 3 is 2.95 bits per heavy atom. The summed E-state index contributed by atoms with van der Waals surface area (Å²) < 4.78 is 36.3. The molecule has 2 N–H and O–H groups in total. The van der Waals surface area contributed by atoms with Crippen molar-refractivity contribution in [3.05, 3.63) is 29.8 Å². The Morgan fingerprint density at radius 1 is 1.38 bits per heavy atom. The molecule has 2 amide bonds. The van der Waals surface area contributed by atoms with Gasteiger partial charge in [0.1, 0.15) is 12.4 Å². The van der Waals surface area contributed by atoms with E-state index in [1.807, 2.05) is 0 Å². The summed E-state index contributed by atoms with van der Waals surface area (Å²) in [5.74, 6) is -1.10. The smallest absolute Gasteiger partial charge is 0.314 e. The fraction of sp³-hybridized carbons (Fsp3) is 0.500. The Morgan fingerprint density at radius 2 is 2.24 bits per heavy atom. The van der Waals surface area contributed by atoms with E-state index in [-0.39, 0.29) is 24.9 Å². The highest BCUT2D eigenvalue weighted by Crippen LogP contribution is 2.17. The third-order valence-corrected chi connectivity index (χ3v) is 3.11. The summed E-state index contributed by atoms with van der Waals surface area (Å²) in [5, 5.41) is 5.33. The van der Waals surface area contributed by atoms with Gasteiger partial charge in [-0.1, -0.05) is 0 Å². The Bertz CT molecular complexity index is 479. The number of urea groups is 1. The summed E-state index contributed by atoms with van der Waals surface area (Å²) in [6, 6.07) is 2.77. The molecule has 0 aliphatic carbocycles. The van der Waals surface area contributed by atoms with Crippen LogP contribution >= 0.6 is 0 Å². The highest BCUT2D eigenvalue weighted by Gasteiger charge is 2.16. The van der Waals surface area contributed by atoms with Gasteiger partial charge in [-0.2, -0.15) is 0 Å². The second-order valence-corrected chi connectivity index (χ2v) is 4.79. The Hall–Kier alpha value is -1.89. The number of nitrogens with one attached hydrogen (secondary N) is 2. The molecule has 1 heterocycles. The van der Waals surface area contributed by atoms with Crippen LogP contribution in [0.25, 0.3) is 0 Å². The van der Waals surface area contributed by atoms with Crippen molar-refractivity contribution in [3.63, 3.8) is 0 Å². The minimum Gasteiger partial charge on any atom is -0.489 e. The van der Waals surface area contributed by atoms with Gasteiger partial charge in [-0.15, -0.1) is 0 Å². The van der Waals surface area contributed by atoms with Crippen molar-refractivity contribution in [2.45, 2.75) is 6.42 Å². The van der Waals surface area contributed by atoms with Crippen molar-refractivity contribution in [1.29, 1.82) is 0 Å². The van der Waals surface area contributed by atoms with Gasteiger partial charge in [-0.3, -0.25) is 0 Å². The molecule has 7 heteroatoms. The van der Waals surface area contributed by atoms with Crippen molar-refractivity contribution in [3.8, 4) is 5.75 Å². The topological polar surface area (TPSA) is 59.6 Å². The van der Waals surface area contributed by atoms with Crippen LogP contribution in [-0.2, 0) is 4.74 Å². The summed E-state index contributed by atoms with van der Waals surface area (Å²) in [4.78, 5) is 11.5. The lowest BCUT2D eigenvalue weighted by atomic mass is 10.1. The highest BCUT2D eigenvalue weighted by atomic mass is 19.1. The van der Waals surface area contributed by atoms with Crippen molar-refractivity contribution >= 4 is 6.03 Å². The number of halogens is 2. The maximum absolute atomic E-state index is 13.3. The number of carbonyl (C=O) groups excluding carboxylic acids is 1. The van der Waals surface area contributed by atoms with Gasteiger partial charge in [-0.05, 0) is 18.6 Å². The van der Waals surface area contributed by atoms with Crippen molar-refractivity contribution in [2.75, 3.05) is 32.9 Å². The molecule has 1 aliphatic heterocycles. The van der Waals surface area contributed by atoms with Gasteiger partial charge < -0.3 is 20.1 Å². The van der Waals surface area contributed by atoms with Crippen LogP contribution in [-0.4, -0.2) is 38.9 Å². The van der Waals surface area contributed by atoms with Crippen molar-refractivity contribution < 1.29 is 23.0 Å². The van der Waals surface area contributed by atoms with Gasteiger partial charge in [-0.25, -0.2) is 13.6 Å². The Labute approximate surface area is 121 Å². The predicted octanol–water partition coefficient (Wildman–Crippen LogP) is 1.68. The molecule has 0 radical (unpaired) electrons. The number of hydrogen-bond acceptors (Lipinski definition) is 3. The molecule has 0 aromatic heterocycles. The standard InChI is InChI=1S/C14H18F2N2O3/c15-11-1-2-13(12(16)7-11)21-6-4-17-14(19)18-8-10-3-5-20-9-10/h1-2,7,10H,3-6,8-9H2,(H2,17,18,19)/t10-/m0/s1. The van der Waals surface area contributed by atoms with Crippen LogP contribution in [0.3, 0.4) is 0 Å². The van der Waals surface area contributed by atoms with E-state index in [9.17, 15) is 13.6 Å². The lowest BCUT2D eigenvalue weighted by Crippen LogP contribution is -2.40. The van der Waals surface area contributed by atoms with Gasteiger partial charge in [0, 0.05) is 25.1 Å². The number of rotatable bonds is 6. The molecule has 0 spiro atoms. The van der Waals surface area contributed by atoms with Gasteiger partial charge in [0.25, 0.3) is 0 Å². The summed E-state index contributed by atoms with van der Waals surface area (Å²) in [6.45, 7) is 2.31. The molecule has 116 valence electrons. The summed E-state index contributed by atoms with van der Waals surface area (Å²) in [6.07, 6.45) is 0.952. The Balaban J connectivity index is 1.59. The molecule has 1 aliphatic rings. The lowest BCUT2D eigenvalue weighted by Gasteiger charge is -2.11. The zero-order valence-electron chi connectivity index (χ0n) is 11.5. The van der Waals surface area contributed by atoms with Gasteiger partial charge in [0.15, 0.2) is 11.6 Å². The zero-order chi connectivity index (χ0) is 15.1. The molecule has 2 rings (SSSR count). The average Bonchev–Trinajstić information content (AvgIpc) is 2.96. The van der Waals surface area contributed by atoms with Crippen LogP contribution in [0.2, 0.25) is 0 Å². The van der Waals surface area contributed by atoms with Crippen LogP contribution in [0.1, 0.15) is 6.42 Å². The molecule has 1 fully saturated rings. The normalized spacial score (nSPS) is 17.5. The predicted molar refractivity (Wildman–Crippen MR) is 72.2 cm³/mol. The fourth-order valence-electron chi connectivity index (χ4n) is 1.96. The minimum absolute atomic E-state index is 0.0401. The first-order valence-corrected chi connectivity index (χ1v) is 6.82. The zero-order valence-corrected chi connectivity index (χ0v) is 11.5. The van der Waals surface area contributed by atoms with Crippen LogP contribution in [0.4, 0.5) is 13.6 Å². The van der Waals surface area contributed by atoms with E-state index < -0.39 is 11.6 Å². The largest absolute Gasteiger partial charge is 0.489 e. The number of carbonyl (C=O) groups is 1. The first-order valence-electron chi connectivity index (χ1n) is 6.82. The molecule has 5 nitrogen and oxygen atoms in total. The molecular weight excluding hydrogens is 282 g/mol. The van der Waals surface area contributed by atoms with E-state index >= 15 is 0 Å². The van der Waals surface area contributed by atoms with Crippen LogP contribution in [0, 0.1) is 17.6 Å². The van der Waals surface area contributed by atoms with Gasteiger partial charge in [0.05, 0.1) is 13.2 Å². The SMILES string of the molecule is O=C(NCCOc1ccc(F)cc1F)NC[C@@H]1CCOC1. The maximum atomic E-state index is 13.3. The quantitative estimate of drug-likeness (QED) is 0.786. The molecule has 0 bridgehead atoms. The third-order valence-electron chi connectivity index (χ3n) is 3.11. The van der Waals surface area contributed by atoms with Crippen molar-refractivity contribution in [1.82, 2.24) is 10.6 Å². The number of amides is 2. The number of ether oxygens (including phenoxy) is 2. The summed E-state index contributed by atoms with van der Waals surface area (Å²) >= 11 is 0. The second-order valence-electron chi connectivity index (χ2n) is 4.79. The molecule has 21 heavy (non-hydrogen) atoms. The first-order chi connectivity index (χ1) is 10.1. The first kappa shape index (κ1) is 15.5. The van der Waals surface area contributed by atoms with E-state index in [1.54, 1.807) is 0 Å². The fourth-order valence-corrected chi connectivity index (χ4v) is 1.96. The van der Waals surface area contributed by atoms with Crippen LogP contribution in [0.15, 0.2) is 18.2 Å². The molecule has 1 aromatic carbocycles. The minimum atomic E-state index is -0.763. The monoisotopic (exact) mass is 300 g/mol. The lowest BCUT2D eigenvalue weighted by molar-refractivity contribution is 0.185. The molecule has 1 aromatic rings. The van der Waals surface area contributed by atoms with Crippen LogP contribution in [0.5, 0.6) is 5.75 Å². The van der Waals surface area contributed by atoms with E-state index in [1.165, 1.54) is 6.07 Å². The summed E-state index contributed by atoms with van der Waals surface area (Å²) in [5.41, 5.74) is 0. The number of benzene rings is 1. The van der Waals surface area contributed by atoms with E-state index in [2.05, 4.69) is 10.6 Å². The Kier molecular flexibility index (Phi) is 5.74. The van der Waals surface area contributed by atoms with Crippen LogP contribution < -0.4 is 15.4 Å².